The predicted molar refractivity (Wildman–Crippen MR) is 79.2 cm³/mol. The smallest absolute Gasteiger partial charge is 0.253 e. The maximum atomic E-state index is 13.6. The minimum absolute atomic E-state index is 0.0296. The summed E-state index contributed by atoms with van der Waals surface area (Å²) in [6, 6.07) is 10.2. The number of hydrogen-bond donors (Lipinski definition) is 2. The standard InChI is InChI=1S/C15H8F2N6/c16-9-2-3-10(17)11(6-9)19-14-21-15-20-12-5-8(7-18)1-4-13(12)23(15)22-14/h1-6H,(H2,19,20,21,22). The summed E-state index contributed by atoms with van der Waals surface area (Å²) in [4.78, 5) is 8.47. The zero-order valence-electron chi connectivity index (χ0n) is 11.5. The van der Waals surface area contributed by atoms with E-state index in [0.29, 0.717) is 16.9 Å². The maximum absolute atomic E-state index is 13.6. The van der Waals surface area contributed by atoms with Crippen molar-refractivity contribution < 1.29 is 8.78 Å². The Hall–Kier alpha value is -3.47. The average Bonchev–Trinajstić information content (AvgIpc) is 3.07. The number of nitrogens with one attached hydrogen (secondary N) is 2. The number of rotatable bonds is 2. The van der Waals surface area contributed by atoms with Gasteiger partial charge in [0.05, 0.1) is 28.4 Å². The molecule has 0 atom stereocenters. The lowest BCUT2D eigenvalue weighted by molar-refractivity contribution is 0.603. The molecule has 4 aromatic rings. The third kappa shape index (κ3) is 2.15. The normalized spacial score (nSPS) is 11.0. The molecule has 2 aromatic heterocycles. The van der Waals surface area contributed by atoms with Crippen molar-refractivity contribution in [1.82, 2.24) is 19.6 Å². The molecule has 0 bridgehead atoms. The fourth-order valence-electron chi connectivity index (χ4n) is 2.33. The van der Waals surface area contributed by atoms with Crippen molar-refractivity contribution in [3.05, 3.63) is 53.6 Å². The Morgan fingerprint density at radius 2 is 2.00 bits per heavy atom. The first-order chi connectivity index (χ1) is 11.1. The molecule has 2 heterocycles. The molecule has 0 aliphatic heterocycles. The lowest BCUT2D eigenvalue weighted by atomic mass is 10.2. The topological polar surface area (TPSA) is 81.8 Å². The van der Waals surface area contributed by atoms with Crippen LogP contribution in [0.4, 0.5) is 20.4 Å². The Labute approximate surface area is 128 Å². The maximum Gasteiger partial charge on any atom is 0.253 e. The summed E-state index contributed by atoms with van der Waals surface area (Å²) in [6.07, 6.45) is 0. The first kappa shape index (κ1) is 13.2. The highest BCUT2D eigenvalue weighted by Crippen LogP contribution is 2.21. The van der Waals surface area contributed by atoms with Gasteiger partial charge < -0.3 is 5.32 Å². The van der Waals surface area contributed by atoms with E-state index in [0.717, 1.165) is 23.7 Å². The summed E-state index contributed by atoms with van der Waals surface area (Å²) < 4.78 is 28.4. The number of nitriles is 1. The summed E-state index contributed by atoms with van der Waals surface area (Å²) in [5.74, 6) is -0.568. The number of hydrogen-bond acceptors (Lipinski definition) is 4. The van der Waals surface area contributed by atoms with Crippen LogP contribution in [0.25, 0.3) is 16.8 Å². The fourth-order valence-corrected chi connectivity index (χ4v) is 2.33. The number of aromatic nitrogens is 4. The van der Waals surface area contributed by atoms with E-state index in [1.54, 1.807) is 22.7 Å². The highest BCUT2D eigenvalue weighted by Gasteiger charge is 2.12. The van der Waals surface area contributed by atoms with E-state index in [1.807, 2.05) is 6.07 Å². The summed E-state index contributed by atoms with van der Waals surface area (Å²) in [7, 11) is 0. The van der Waals surface area contributed by atoms with Crippen molar-refractivity contribution in [2.45, 2.75) is 0 Å². The van der Waals surface area contributed by atoms with Crippen LogP contribution in [0.3, 0.4) is 0 Å². The molecule has 4 rings (SSSR count). The lowest BCUT2D eigenvalue weighted by Gasteiger charge is -2.03. The molecule has 0 spiro atoms. The Morgan fingerprint density at radius 3 is 2.83 bits per heavy atom. The molecule has 0 aliphatic carbocycles. The summed E-state index contributed by atoms with van der Waals surface area (Å²) in [5.41, 5.74) is 1.81. The molecule has 2 N–H and O–H groups in total. The average molecular weight is 310 g/mol. The van der Waals surface area contributed by atoms with Gasteiger partial charge in [0.25, 0.3) is 5.78 Å². The Bertz CT molecular complexity index is 1090. The number of imidazole rings is 1. The van der Waals surface area contributed by atoms with Crippen molar-refractivity contribution in [1.29, 1.82) is 5.26 Å². The minimum Gasteiger partial charge on any atom is -0.322 e. The van der Waals surface area contributed by atoms with Crippen LogP contribution in [0.1, 0.15) is 5.56 Å². The van der Waals surface area contributed by atoms with E-state index in [1.165, 1.54) is 0 Å². The largest absolute Gasteiger partial charge is 0.322 e. The van der Waals surface area contributed by atoms with Crippen molar-refractivity contribution >= 4 is 28.4 Å². The molecule has 8 heteroatoms. The third-order valence-corrected chi connectivity index (χ3v) is 3.38. The molecule has 6 nitrogen and oxygen atoms in total. The van der Waals surface area contributed by atoms with Crippen LogP contribution in [-0.4, -0.2) is 19.6 Å². The van der Waals surface area contributed by atoms with Gasteiger partial charge in [-0.05, 0) is 30.3 Å². The fraction of sp³-hybridized carbons (Fsp3) is 0. The van der Waals surface area contributed by atoms with Crippen LogP contribution in [-0.2, 0) is 0 Å². The van der Waals surface area contributed by atoms with E-state index < -0.39 is 11.6 Å². The zero-order valence-corrected chi connectivity index (χ0v) is 11.5. The number of fused-ring (bicyclic) bond motifs is 3. The number of H-pyrrole nitrogens is 1. The van der Waals surface area contributed by atoms with E-state index >= 15 is 0 Å². The molecule has 112 valence electrons. The van der Waals surface area contributed by atoms with Gasteiger partial charge in [-0.3, -0.25) is 5.10 Å². The molecule has 0 fully saturated rings. The van der Waals surface area contributed by atoms with E-state index in [9.17, 15) is 8.78 Å². The van der Waals surface area contributed by atoms with Crippen molar-refractivity contribution in [2.24, 2.45) is 0 Å². The van der Waals surface area contributed by atoms with Crippen molar-refractivity contribution in [2.75, 3.05) is 5.32 Å². The second-order valence-electron chi connectivity index (χ2n) is 4.88. The Morgan fingerprint density at radius 1 is 1.13 bits per heavy atom. The summed E-state index contributed by atoms with van der Waals surface area (Å²) >= 11 is 0. The monoisotopic (exact) mass is 310 g/mol. The first-order valence-corrected chi connectivity index (χ1v) is 6.64. The Kier molecular flexibility index (Phi) is 2.74. The van der Waals surface area contributed by atoms with Crippen LogP contribution >= 0.6 is 0 Å². The second-order valence-corrected chi connectivity index (χ2v) is 4.88. The van der Waals surface area contributed by atoms with E-state index in [4.69, 9.17) is 5.26 Å². The molecule has 2 aromatic carbocycles. The summed E-state index contributed by atoms with van der Waals surface area (Å²) in [5, 5.41) is 14.5. The number of nitrogens with zero attached hydrogens (tertiary/aromatic N) is 4. The number of halogens is 2. The van der Waals surface area contributed by atoms with Gasteiger partial charge in [0.1, 0.15) is 11.6 Å². The first-order valence-electron chi connectivity index (χ1n) is 6.64. The molecule has 23 heavy (non-hydrogen) atoms. The molecule has 0 saturated carbocycles. The van der Waals surface area contributed by atoms with E-state index in [2.05, 4.69) is 20.4 Å². The highest BCUT2D eigenvalue weighted by atomic mass is 19.1. The minimum atomic E-state index is -0.594. The van der Waals surface area contributed by atoms with Gasteiger partial charge >= 0.3 is 0 Å². The number of aromatic amines is 1. The van der Waals surface area contributed by atoms with Gasteiger partial charge in [-0.25, -0.2) is 18.3 Å². The summed E-state index contributed by atoms with van der Waals surface area (Å²) in [6.45, 7) is 0. The van der Waals surface area contributed by atoms with Crippen LogP contribution in [0.5, 0.6) is 0 Å². The van der Waals surface area contributed by atoms with Gasteiger partial charge in [0, 0.05) is 6.07 Å². The van der Waals surface area contributed by atoms with Crippen molar-refractivity contribution in [3.63, 3.8) is 0 Å². The zero-order chi connectivity index (χ0) is 16.0. The van der Waals surface area contributed by atoms with Crippen LogP contribution in [0.2, 0.25) is 0 Å². The van der Waals surface area contributed by atoms with Gasteiger partial charge in [-0.1, -0.05) is 0 Å². The van der Waals surface area contributed by atoms with Gasteiger partial charge in [-0.15, -0.1) is 0 Å². The molecular formula is C15H8F2N6. The van der Waals surface area contributed by atoms with Gasteiger partial charge in [0.2, 0.25) is 5.95 Å². The van der Waals surface area contributed by atoms with Crippen molar-refractivity contribution in [3.8, 4) is 6.07 Å². The van der Waals surface area contributed by atoms with Gasteiger partial charge in [0.15, 0.2) is 0 Å². The molecule has 0 radical (unpaired) electrons. The lowest BCUT2D eigenvalue weighted by Crippen LogP contribution is -1.97. The van der Waals surface area contributed by atoms with Crippen LogP contribution < -0.4 is 5.32 Å². The van der Waals surface area contributed by atoms with Crippen LogP contribution in [0, 0.1) is 23.0 Å². The molecule has 0 amide bonds. The second kappa shape index (κ2) is 4.78. The third-order valence-electron chi connectivity index (χ3n) is 3.38. The SMILES string of the molecule is N#Cc1ccc2c(c1)nc1nc(Nc3cc(F)ccc3F)[nH]n12. The molecule has 0 aliphatic rings. The molecule has 0 unspecified atom stereocenters. The Balaban J connectivity index is 1.77. The number of anilines is 2. The van der Waals surface area contributed by atoms with E-state index in [-0.39, 0.29) is 11.6 Å². The highest BCUT2D eigenvalue weighted by molar-refractivity contribution is 5.81. The number of benzene rings is 2. The van der Waals surface area contributed by atoms with Gasteiger partial charge in [-0.2, -0.15) is 10.2 Å². The molecule has 0 saturated heterocycles. The van der Waals surface area contributed by atoms with Crippen LogP contribution in [0.15, 0.2) is 36.4 Å². The quantitative estimate of drug-likeness (QED) is 0.596. The predicted octanol–water partition coefficient (Wildman–Crippen LogP) is 3.10. The molecular weight excluding hydrogens is 302 g/mol.